The summed E-state index contributed by atoms with van der Waals surface area (Å²) in [5.74, 6) is 0.0297. The number of carbonyl (C=O) groups is 1. The lowest BCUT2D eigenvalue weighted by Gasteiger charge is -2.21. The Hall–Kier alpha value is -3.13. The lowest BCUT2D eigenvalue weighted by atomic mass is 9.77. The van der Waals surface area contributed by atoms with E-state index in [0.717, 1.165) is 33.5 Å². The Labute approximate surface area is 140 Å². The van der Waals surface area contributed by atoms with Crippen LogP contribution >= 0.6 is 0 Å². The first kappa shape index (κ1) is 13.3. The van der Waals surface area contributed by atoms with Crippen LogP contribution in [0.3, 0.4) is 0 Å². The second kappa shape index (κ2) is 4.68. The van der Waals surface area contributed by atoms with Crippen LogP contribution in [0.5, 0.6) is 0 Å². The molecule has 1 aliphatic carbocycles. The summed E-state index contributed by atoms with van der Waals surface area (Å²) in [4.78, 5) is 13.0. The third kappa shape index (κ3) is 1.57. The number of hydrogen-bond donors (Lipinski definition) is 1. The van der Waals surface area contributed by atoms with Crippen LogP contribution in [0.1, 0.15) is 22.3 Å². The first-order chi connectivity index (χ1) is 11.8. The smallest absolute Gasteiger partial charge is 0.243 e. The molecule has 1 N–H and O–H groups in total. The molecule has 1 aliphatic heterocycles. The SMILES string of the molecule is O=C1Nc2ccccc2C12C=C(c1ccccc1)c1ccccc12. The summed E-state index contributed by atoms with van der Waals surface area (Å²) in [6.07, 6.45) is 2.13. The minimum Gasteiger partial charge on any atom is -0.324 e. The van der Waals surface area contributed by atoms with Gasteiger partial charge in [0.1, 0.15) is 5.41 Å². The Balaban J connectivity index is 1.85. The van der Waals surface area contributed by atoms with Gasteiger partial charge in [-0.05, 0) is 33.9 Å². The van der Waals surface area contributed by atoms with Gasteiger partial charge in [0.2, 0.25) is 5.91 Å². The van der Waals surface area contributed by atoms with E-state index in [1.807, 2.05) is 48.5 Å². The van der Waals surface area contributed by atoms with Crippen LogP contribution in [0.2, 0.25) is 0 Å². The van der Waals surface area contributed by atoms with Crippen molar-refractivity contribution in [1.82, 2.24) is 0 Å². The zero-order chi connectivity index (χ0) is 16.1. The van der Waals surface area contributed by atoms with Gasteiger partial charge in [-0.3, -0.25) is 4.79 Å². The summed E-state index contributed by atoms with van der Waals surface area (Å²) < 4.78 is 0. The molecule has 0 fully saturated rings. The Bertz CT molecular complexity index is 1000. The van der Waals surface area contributed by atoms with Crippen LogP contribution in [0.25, 0.3) is 5.57 Å². The summed E-state index contributed by atoms with van der Waals surface area (Å²) in [6.45, 7) is 0. The Kier molecular flexibility index (Phi) is 2.60. The van der Waals surface area contributed by atoms with Gasteiger partial charge in [0.05, 0.1) is 0 Å². The largest absolute Gasteiger partial charge is 0.324 e. The molecule has 1 heterocycles. The highest BCUT2D eigenvalue weighted by atomic mass is 16.2. The summed E-state index contributed by atoms with van der Waals surface area (Å²) in [6, 6.07) is 26.5. The molecule has 3 aromatic rings. The molecule has 0 radical (unpaired) electrons. The number of fused-ring (bicyclic) bond motifs is 4. The van der Waals surface area contributed by atoms with Gasteiger partial charge in [-0.1, -0.05) is 78.9 Å². The van der Waals surface area contributed by atoms with E-state index in [9.17, 15) is 4.79 Å². The Morgan fingerprint density at radius 2 is 1.38 bits per heavy atom. The van der Waals surface area contributed by atoms with Crippen LogP contribution in [0.4, 0.5) is 5.69 Å². The van der Waals surface area contributed by atoms with Crippen LogP contribution in [-0.4, -0.2) is 5.91 Å². The summed E-state index contributed by atoms with van der Waals surface area (Å²) in [7, 11) is 0. The molecule has 0 saturated heterocycles. The number of rotatable bonds is 1. The zero-order valence-electron chi connectivity index (χ0n) is 13.0. The molecule has 1 spiro atoms. The summed E-state index contributed by atoms with van der Waals surface area (Å²) in [5.41, 5.74) is 5.67. The van der Waals surface area contributed by atoms with E-state index in [-0.39, 0.29) is 5.91 Å². The molecule has 0 bridgehead atoms. The van der Waals surface area contributed by atoms with Crippen LogP contribution in [-0.2, 0) is 10.2 Å². The van der Waals surface area contributed by atoms with Crippen molar-refractivity contribution in [2.24, 2.45) is 0 Å². The minimum absolute atomic E-state index is 0.0297. The highest BCUT2D eigenvalue weighted by molar-refractivity contribution is 6.14. The van der Waals surface area contributed by atoms with Crippen molar-refractivity contribution in [1.29, 1.82) is 0 Å². The number of amides is 1. The van der Waals surface area contributed by atoms with Crippen molar-refractivity contribution >= 4 is 17.2 Å². The molecule has 1 unspecified atom stereocenters. The molecule has 1 atom stereocenters. The normalized spacial score (nSPS) is 20.5. The van der Waals surface area contributed by atoms with Gasteiger partial charge in [-0.2, -0.15) is 0 Å². The first-order valence-corrected chi connectivity index (χ1v) is 8.10. The molecule has 1 amide bonds. The van der Waals surface area contributed by atoms with Gasteiger partial charge in [0.15, 0.2) is 0 Å². The van der Waals surface area contributed by atoms with Crippen molar-refractivity contribution in [3.05, 3.63) is 107 Å². The molecule has 2 heteroatoms. The number of hydrogen-bond acceptors (Lipinski definition) is 1. The van der Waals surface area contributed by atoms with E-state index in [1.165, 1.54) is 0 Å². The van der Waals surface area contributed by atoms with Crippen molar-refractivity contribution in [3.63, 3.8) is 0 Å². The van der Waals surface area contributed by atoms with E-state index in [1.54, 1.807) is 0 Å². The van der Waals surface area contributed by atoms with E-state index >= 15 is 0 Å². The van der Waals surface area contributed by atoms with Gasteiger partial charge in [0, 0.05) is 5.69 Å². The Morgan fingerprint density at radius 3 is 2.21 bits per heavy atom. The minimum atomic E-state index is -0.724. The summed E-state index contributed by atoms with van der Waals surface area (Å²) >= 11 is 0. The quantitative estimate of drug-likeness (QED) is 0.710. The molecule has 3 aromatic carbocycles. The molecular weight excluding hydrogens is 294 g/mol. The molecule has 0 aromatic heterocycles. The van der Waals surface area contributed by atoms with E-state index in [2.05, 4.69) is 41.7 Å². The van der Waals surface area contributed by atoms with Crippen LogP contribution < -0.4 is 5.32 Å². The van der Waals surface area contributed by atoms with Crippen LogP contribution in [0.15, 0.2) is 84.9 Å². The zero-order valence-corrected chi connectivity index (χ0v) is 13.0. The number of nitrogens with one attached hydrogen (secondary N) is 1. The lowest BCUT2D eigenvalue weighted by molar-refractivity contribution is -0.118. The molecular formula is C22H15NO. The van der Waals surface area contributed by atoms with Crippen LogP contribution in [0, 0.1) is 0 Å². The van der Waals surface area contributed by atoms with Gasteiger partial charge >= 0.3 is 0 Å². The first-order valence-electron chi connectivity index (χ1n) is 8.10. The second-order valence-electron chi connectivity index (χ2n) is 6.28. The van der Waals surface area contributed by atoms with Crippen molar-refractivity contribution in [2.75, 3.05) is 5.32 Å². The predicted octanol–water partition coefficient (Wildman–Crippen LogP) is 4.37. The lowest BCUT2D eigenvalue weighted by Crippen LogP contribution is -2.32. The van der Waals surface area contributed by atoms with Crippen molar-refractivity contribution in [2.45, 2.75) is 5.41 Å². The average molecular weight is 309 g/mol. The molecule has 5 rings (SSSR count). The summed E-state index contributed by atoms with van der Waals surface area (Å²) in [5, 5.41) is 3.06. The average Bonchev–Trinajstić information content (AvgIpc) is 3.13. The fourth-order valence-electron chi connectivity index (χ4n) is 3.98. The number of carbonyl (C=O) groups excluding carboxylic acids is 1. The van der Waals surface area contributed by atoms with Gasteiger partial charge in [0.25, 0.3) is 0 Å². The highest BCUT2D eigenvalue weighted by Gasteiger charge is 2.50. The number of anilines is 1. The van der Waals surface area contributed by atoms with Crippen molar-refractivity contribution in [3.8, 4) is 0 Å². The fraction of sp³-hybridized carbons (Fsp3) is 0.0455. The second-order valence-corrected chi connectivity index (χ2v) is 6.28. The molecule has 24 heavy (non-hydrogen) atoms. The number of benzene rings is 3. The molecule has 114 valence electrons. The maximum atomic E-state index is 13.0. The highest BCUT2D eigenvalue weighted by Crippen LogP contribution is 2.52. The standard InChI is InChI=1S/C22H15NO/c24-21-22(19-12-6-7-13-20(19)23-21)14-17(15-8-2-1-3-9-15)16-10-4-5-11-18(16)22/h1-14H,(H,23,24). The topological polar surface area (TPSA) is 29.1 Å². The van der Waals surface area contributed by atoms with Gasteiger partial charge in [-0.25, -0.2) is 0 Å². The monoisotopic (exact) mass is 309 g/mol. The van der Waals surface area contributed by atoms with E-state index in [4.69, 9.17) is 0 Å². The van der Waals surface area contributed by atoms with Gasteiger partial charge in [-0.15, -0.1) is 0 Å². The maximum absolute atomic E-state index is 13.0. The van der Waals surface area contributed by atoms with E-state index < -0.39 is 5.41 Å². The maximum Gasteiger partial charge on any atom is 0.243 e. The number of para-hydroxylation sites is 1. The van der Waals surface area contributed by atoms with Crippen molar-refractivity contribution < 1.29 is 4.79 Å². The molecule has 2 aliphatic rings. The molecule has 0 saturated carbocycles. The van der Waals surface area contributed by atoms with Gasteiger partial charge < -0.3 is 5.32 Å². The molecule has 2 nitrogen and oxygen atoms in total. The predicted molar refractivity (Wildman–Crippen MR) is 95.8 cm³/mol. The third-order valence-electron chi connectivity index (χ3n) is 5.05. The third-order valence-corrected chi connectivity index (χ3v) is 5.05. The Morgan fingerprint density at radius 1 is 0.708 bits per heavy atom. The fourth-order valence-corrected chi connectivity index (χ4v) is 3.98. The van der Waals surface area contributed by atoms with E-state index in [0.29, 0.717) is 0 Å².